The minimum absolute atomic E-state index is 0.0115. The lowest BCUT2D eigenvalue weighted by Gasteiger charge is -2.44. The van der Waals surface area contributed by atoms with E-state index >= 15 is 0 Å². The molecule has 1 nitrogen and oxygen atoms in total. The van der Waals surface area contributed by atoms with Gasteiger partial charge in [0.15, 0.2) is 0 Å². The number of nitrogens with zero attached hydrogens (tertiary/aromatic N) is 1. The quantitative estimate of drug-likeness (QED) is 0.624. The maximum Gasteiger partial charge on any atom is 0.0502 e. The SMILES string of the molecule is CC=C1/C(=C\CC)N(c2ccccc2)c2ccccc2C1(C)C. The van der Waals surface area contributed by atoms with Crippen LogP contribution in [-0.4, -0.2) is 0 Å². The van der Waals surface area contributed by atoms with Crippen LogP contribution >= 0.6 is 0 Å². The van der Waals surface area contributed by atoms with Crippen LogP contribution in [0.2, 0.25) is 0 Å². The molecular formula is C22H25N. The molecule has 0 aromatic heterocycles. The normalized spacial score (nSPS) is 19.9. The molecule has 0 amide bonds. The van der Waals surface area contributed by atoms with Gasteiger partial charge in [0.25, 0.3) is 0 Å². The van der Waals surface area contributed by atoms with Crippen molar-refractivity contribution in [1.29, 1.82) is 0 Å². The van der Waals surface area contributed by atoms with Crippen molar-refractivity contribution in [3.63, 3.8) is 0 Å². The van der Waals surface area contributed by atoms with E-state index in [0.29, 0.717) is 0 Å². The topological polar surface area (TPSA) is 3.24 Å². The number of fused-ring (bicyclic) bond motifs is 1. The molecule has 3 rings (SSSR count). The lowest BCUT2D eigenvalue weighted by molar-refractivity contribution is 0.611. The average Bonchev–Trinajstić information content (AvgIpc) is 2.56. The number of para-hydroxylation sites is 2. The molecule has 0 fully saturated rings. The Balaban J connectivity index is 2.33. The lowest BCUT2D eigenvalue weighted by Crippen LogP contribution is -2.35. The van der Waals surface area contributed by atoms with E-state index in [1.54, 1.807) is 0 Å². The largest absolute Gasteiger partial charge is 0.310 e. The van der Waals surface area contributed by atoms with Gasteiger partial charge in [-0.3, -0.25) is 0 Å². The molecule has 0 unspecified atom stereocenters. The van der Waals surface area contributed by atoms with Crippen LogP contribution in [0.4, 0.5) is 11.4 Å². The molecule has 0 atom stereocenters. The number of rotatable bonds is 2. The number of benzene rings is 2. The predicted molar refractivity (Wildman–Crippen MR) is 100 cm³/mol. The van der Waals surface area contributed by atoms with E-state index < -0.39 is 0 Å². The van der Waals surface area contributed by atoms with Gasteiger partial charge in [0.1, 0.15) is 0 Å². The molecule has 1 aliphatic rings. The molecule has 0 aliphatic carbocycles. The molecule has 0 N–H and O–H groups in total. The molecule has 0 saturated carbocycles. The third-order valence-corrected chi connectivity index (χ3v) is 4.71. The highest BCUT2D eigenvalue weighted by molar-refractivity contribution is 5.79. The van der Waals surface area contributed by atoms with E-state index in [1.165, 1.54) is 28.2 Å². The summed E-state index contributed by atoms with van der Waals surface area (Å²) in [6.07, 6.45) is 5.64. The van der Waals surface area contributed by atoms with E-state index in [0.717, 1.165) is 6.42 Å². The van der Waals surface area contributed by atoms with Crippen molar-refractivity contribution in [1.82, 2.24) is 0 Å². The van der Waals surface area contributed by atoms with Crippen molar-refractivity contribution >= 4 is 11.4 Å². The summed E-state index contributed by atoms with van der Waals surface area (Å²) in [5.74, 6) is 0. The Hall–Kier alpha value is -2.28. The number of hydrogen-bond donors (Lipinski definition) is 0. The van der Waals surface area contributed by atoms with Crippen molar-refractivity contribution < 1.29 is 0 Å². The zero-order chi connectivity index (χ0) is 16.4. The number of hydrogen-bond acceptors (Lipinski definition) is 1. The van der Waals surface area contributed by atoms with Gasteiger partial charge in [0.2, 0.25) is 0 Å². The fourth-order valence-electron chi connectivity index (χ4n) is 3.67. The van der Waals surface area contributed by atoms with Crippen molar-refractivity contribution in [2.45, 2.75) is 39.5 Å². The highest BCUT2D eigenvalue weighted by Crippen LogP contribution is 2.50. The Bertz CT molecular complexity index is 751. The summed E-state index contributed by atoms with van der Waals surface area (Å²) in [5.41, 5.74) is 6.60. The molecule has 118 valence electrons. The molecule has 0 saturated heterocycles. The second-order valence-corrected chi connectivity index (χ2v) is 6.51. The minimum Gasteiger partial charge on any atom is -0.310 e. The third-order valence-electron chi connectivity index (χ3n) is 4.71. The maximum absolute atomic E-state index is 2.40. The van der Waals surface area contributed by atoms with Crippen LogP contribution in [0.25, 0.3) is 0 Å². The van der Waals surface area contributed by atoms with Gasteiger partial charge >= 0.3 is 0 Å². The second kappa shape index (κ2) is 6.08. The maximum atomic E-state index is 2.40. The molecule has 0 bridgehead atoms. The van der Waals surface area contributed by atoms with Crippen LogP contribution in [0.3, 0.4) is 0 Å². The van der Waals surface area contributed by atoms with Gasteiger partial charge in [-0.1, -0.05) is 69.3 Å². The first-order valence-corrected chi connectivity index (χ1v) is 8.43. The van der Waals surface area contributed by atoms with Crippen LogP contribution in [0.15, 0.2) is 78.0 Å². The van der Waals surface area contributed by atoms with Crippen molar-refractivity contribution in [3.8, 4) is 0 Å². The summed E-state index contributed by atoms with van der Waals surface area (Å²) in [5, 5.41) is 0. The van der Waals surface area contributed by atoms with Crippen LogP contribution < -0.4 is 4.90 Å². The second-order valence-electron chi connectivity index (χ2n) is 6.51. The summed E-state index contributed by atoms with van der Waals surface area (Å²) in [7, 11) is 0. The van der Waals surface area contributed by atoms with Gasteiger partial charge in [0, 0.05) is 16.8 Å². The van der Waals surface area contributed by atoms with Gasteiger partial charge in [-0.2, -0.15) is 0 Å². The lowest BCUT2D eigenvalue weighted by atomic mass is 9.72. The van der Waals surface area contributed by atoms with Crippen molar-refractivity contribution in [3.05, 3.63) is 83.6 Å². The molecule has 1 aliphatic heterocycles. The molecule has 23 heavy (non-hydrogen) atoms. The summed E-state index contributed by atoms with van der Waals surface area (Å²) in [4.78, 5) is 2.40. The first-order valence-electron chi connectivity index (χ1n) is 8.43. The summed E-state index contributed by atoms with van der Waals surface area (Å²) < 4.78 is 0. The average molecular weight is 303 g/mol. The molecule has 0 radical (unpaired) electrons. The zero-order valence-corrected chi connectivity index (χ0v) is 14.5. The molecule has 1 heterocycles. The Morgan fingerprint density at radius 3 is 2.26 bits per heavy atom. The van der Waals surface area contributed by atoms with Gasteiger partial charge < -0.3 is 4.90 Å². The van der Waals surface area contributed by atoms with E-state index in [9.17, 15) is 0 Å². The predicted octanol–water partition coefficient (Wildman–Crippen LogP) is 6.36. The van der Waals surface area contributed by atoms with Crippen LogP contribution in [0.1, 0.15) is 39.7 Å². The van der Waals surface area contributed by atoms with Gasteiger partial charge in [-0.25, -0.2) is 0 Å². The van der Waals surface area contributed by atoms with Crippen molar-refractivity contribution in [2.75, 3.05) is 4.90 Å². The van der Waals surface area contributed by atoms with Crippen LogP contribution in [0.5, 0.6) is 0 Å². The van der Waals surface area contributed by atoms with E-state index in [-0.39, 0.29) is 5.41 Å². The molecule has 2 aromatic carbocycles. The third kappa shape index (κ3) is 2.50. The molecule has 2 aromatic rings. The standard InChI is InChI=1S/C22H25N/c1-5-12-20-18(6-2)22(3,4)19-15-10-11-16-21(19)23(20)17-13-8-7-9-14-17/h6-16H,5H2,1-4H3/b18-6?,20-12+. The van der Waals surface area contributed by atoms with Crippen LogP contribution in [0, 0.1) is 0 Å². The molecular weight excluding hydrogens is 278 g/mol. The molecule has 1 heteroatoms. The Labute approximate surface area is 140 Å². The summed E-state index contributed by atoms with van der Waals surface area (Å²) >= 11 is 0. The first kappa shape index (κ1) is 15.6. The Kier molecular flexibility index (Phi) is 4.12. The van der Waals surface area contributed by atoms with E-state index in [4.69, 9.17) is 0 Å². The highest BCUT2D eigenvalue weighted by Gasteiger charge is 2.38. The minimum atomic E-state index is 0.0115. The Morgan fingerprint density at radius 2 is 1.61 bits per heavy atom. The van der Waals surface area contributed by atoms with E-state index in [1.807, 2.05) is 0 Å². The van der Waals surface area contributed by atoms with Gasteiger partial charge in [-0.05, 0) is 42.7 Å². The smallest absolute Gasteiger partial charge is 0.0502 e. The highest BCUT2D eigenvalue weighted by atomic mass is 15.2. The first-order chi connectivity index (χ1) is 11.1. The summed E-state index contributed by atoms with van der Waals surface area (Å²) in [6, 6.07) is 19.4. The van der Waals surface area contributed by atoms with Gasteiger partial charge in [0.05, 0.1) is 5.69 Å². The number of allylic oxidation sites excluding steroid dienone is 3. The van der Waals surface area contributed by atoms with Gasteiger partial charge in [-0.15, -0.1) is 0 Å². The molecule has 0 spiro atoms. The Morgan fingerprint density at radius 1 is 0.957 bits per heavy atom. The van der Waals surface area contributed by atoms with E-state index in [2.05, 4.69) is 99.3 Å². The zero-order valence-electron chi connectivity index (χ0n) is 14.5. The number of anilines is 2. The fraction of sp³-hybridized carbons (Fsp3) is 0.273. The van der Waals surface area contributed by atoms with Crippen molar-refractivity contribution in [2.24, 2.45) is 0 Å². The fourth-order valence-corrected chi connectivity index (χ4v) is 3.67. The monoisotopic (exact) mass is 303 g/mol. The summed E-state index contributed by atoms with van der Waals surface area (Å²) in [6.45, 7) is 9.01. The van der Waals surface area contributed by atoms with Crippen LogP contribution in [-0.2, 0) is 5.41 Å².